The van der Waals surface area contributed by atoms with Crippen molar-refractivity contribution in [2.24, 2.45) is 0 Å². The summed E-state index contributed by atoms with van der Waals surface area (Å²) in [7, 11) is 2.01. The van der Waals surface area contributed by atoms with Gasteiger partial charge in [-0.3, -0.25) is 0 Å². The fraction of sp³-hybridized carbons (Fsp3) is 0.333. The van der Waals surface area contributed by atoms with E-state index >= 15 is 0 Å². The molecule has 2 nitrogen and oxygen atoms in total. The molecule has 1 atom stereocenters. The number of para-hydroxylation sites is 1. The molecule has 104 valence electrons. The molecule has 3 rings (SSSR count). The van der Waals surface area contributed by atoms with E-state index in [1.165, 1.54) is 22.3 Å². The molecule has 0 radical (unpaired) electrons. The van der Waals surface area contributed by atoms with Gasteiger partial charge in [0.05, 0.1) is 12.6 Å². The summed E-state index contributed by atoms with van der Waals surface area (Å²) in [5.41, 5.74) is 5.15. The van der Waals surface area contributed by atoms with E-state index in [0.717, 1.165) is 25.2 Å². The molecule has 0 aromatic heterocycles. The van der Waals surface area contributed by atoms with Crippen LogP contribution in [0.1, 0.15) is 34.7 Å². The Morgan fingerprint density at radius 1 is 1.15 bits per heavy atom. The van der Waals surface area contributed by atoms with Gasteiger partial charge in [0.15, 0.2) is 0 Å². The number of hydrogen-bond acceptors (Lipinski definition) is 2. The van der Waals surface area contributed by atoms with Crippen LogP contribution in [0.25, 0.3) is 0 Å². The van der Waals surface area contributed by atoms with Gasteiger partial charge in [-0.05, 0) is 37.9 Å². The zero-order valence-electron chi connectivity index (χ0n) is 12.1. The Hall–Kier alpha value is -1.80. The van der Waals surface area contributed by atoms with E-state index in [4.69, 9.17) is 4.74 Å². The fourth-order valence-electron chi connectivity index (χ4n) is 2.99. The van der Waals surface area contributed by atoms with Crippen molar-refractivity contribution in [3.63, 3.8) is 0 Å². The molecule has 2 aromatic carbocycles. The minimum atomic E-state index is 0.183. The van der Waals surface area contributed by atoms with E-state index in [9.17, 15) is 0 Å². The SMILES string of the molecule is CNC(c1cccc(C)c1)c1cccc2c1OCCC2. The molecular weight excluding hydrogens is 246 g/mol. The second-order valence-corrected chi connectivity index (χ2v) is 5.42. The monoisotopic (exact) mass is 267 g/mol. The van der Waals surface area contributed by atoms with Gasteiger partial charge in [0.25, 0.3) is 0 Å². The third-order valence-electron chi connectivity index (χ3n) is 3.94. The van der Waals surface area contributed by atoms with Gasteiger partial charge in [-0.25, -0.2) is 0 Å². The molecule has 20 heavy (non-hydrogen) atoms. The maximum absolute atomic E-state index is 5.95. The Morgan fingerprint density at radius 3 is 2.80 bits per heavy atom. The highest BCUT2D eigenvalue weighted by atomic mass is 16.5. The lowest BCUT2D eigenvalue weighted by Crippen LogP contribution is -2.20. The van der Waals surface area contributed by atoms with Crippen LogP contribution in [0.4, 0.5) is 0 Å². The van der Waals surface area contributed by atoms with Crippen LogP contribution in [0, 0.1) is 6.92 Å². The molecule has 0 fully saturated rings. The zero-order chi connectivity index (χ0) is 13.9. The molecule has 2 aromatic rings. The minimum Gasteiger partial charge on any atom is -0.493 e. The maximum atomic E-state index is 5.95. The molecule has 0 spiro atoms. The van der Waals surface area contributed by atoms with Gasteiger partial charge in [-0.1, -0.05) is 48.0 Å². The first kappa shape index (κ1) is 13.2. The highest BCUT2D eigenvalue weighted by Gasteiger charge is 2.21. The van der Waals surface area contributed by atoms with Crippen molar-refractivity contribution < 1.29 is 4.74 Å². The molecular formula is C18H21NO. The van der Waals surface area contributed by atoms with Gasteiger partial charge in [-0.15, -0.1) is 0 Å². The topological polar surface area (TPSA) is 21.3 Å². The van der Waals surface area contributed by atoms with Crippen LogP contribution in [0.3, 0.4) is 0 Å². The molecule has 1 aliphatic heterocycles. The van der Waals surface area contributed by atoms with Crippen molar-refractivity contribution in [2.45, 2.75) is 25.8 Å². The third-order valence-corrected chi connectivity index (χ3v) is 3.94. The summed E-state index contributed by atoms with van der Waals surface area (Å²) in [5.74, 6) is 1.08. The van der Waals surface area contributed by atoms with Crippen LogP contribution < -0.4 is 10.1 Å². The van der Waals surface area contributed by atoms with Crippen LogP contribution in [-0.4, -0.2) is 13.7 Å². The van der Waals surface area contributed by atoms with Crippen LogP contribution >= 0.6 is 0 Å². The first-order valence-corrected chi connectivity index (χ1v) is 7.28. The smallest absolute Gasteiger partial charge is 0.127 e. The Kier molecular flexibility index (Phi) is 3.75. The molecule has 1 N–H and O–H groups in total. The summed E-state index contributed by atoms with van der Waals surface area (Å²) < 4.78 is 5.95. The molecule has 0 aliphatic carbocycles. The largest absolute Gasteiger partial charge is 0.493 e. The Bertz CT molecular complexity index is 606. The summed E-state index contributed by atoms with van der Waals surface area (Å²) in [6.07, 6.45) is 2.23. The first-order valence-electron chi connectivity index (χ1n) is 7.28. The minimum absolute atomic E-state index is 0.183. The number of fused-ring (bicyclic) bond motifs is 1. The predicted molar refractivity (Wildman–Crippen MR) is 82.3 cm³/mol. The Balaban J connectivity index is 2.06. The van der Waals surface area contributed by atoms with Crippen molar-refractivity contribution in [2.75, 3.05) is 13.7 Å². The molecule has 1 aliphatic rings. The molecule has 2 heteroatoms. The second kappa shape index (κ2) is 5.68. The number of hydrogen-bond donors (Lipinski definition) is 1. The highest BCUT2D eigenvalue weighted by molar-refractivity contribution is 5.48. The normalized spacial score (nSPS) is 15.3. The lowest BCUT2D eigenvalue weighted by atomic mass is 9.93. The molecule has 0 saturated heterocycles. The van der Waals surface area contributed by atoms with Gasteiger partial charge in [0.1, 0.15) is 5.75 Å². The van der Waals surface area contributed by atoms with Crippen molar-refractivity contribution in [1.82, 2.24) is 5.32 Å². The molecule has 0 bridgehead atoms. The van der Waals surface area contributed by atoms with E-state index in [1.54, 1.807) is 0 Å². The number of ether oxygens (including phenoxy) is 1. The van der Waals surface area contributed by atoms with E-state index in [0.29, 0.717) is 0 Å². The maximum Gasteiger partial charge on any atom is 0.127 e. The van der Waals surface area contributed by atoms with Crippen LogP contribution in [0.2, 0.25) is 0 Å². The average molecular weight is 267 g/mol. The van der Waals surface area contributed by atoms with Crippen molar-refractivity contribution >= 4 is 0 Å². The number of benzene rings is 2. The summed E-state index contributed by atoms with van der Waals surface area (Å²) >= 11 is 0. The lowest BCUT2D eigenvalue weighted by molar-refractivity contribution is 0.283. The van der Waals surface area contributed by atoms with Crippen LogP contribution in [0.15, 0.2) is 42.5 Å². The number of aryl methyl sites for hydroxylation is 2. The average Bonchev–Trinajstić information content (AvgIpc) is 2.48. The molecule has 1 unspecified atom stereocenters. The Morgan fingerprint density at radius 2 is 2.00 bits per heavy atom. The molecule has 1 heterocycles. The van der Waals surface area contributed by atoms with Gasteiger partial charge in [-0.2, -0.15) is 0 Å². The van der Waals surface area contributed by atoms with Crippen molar-refractivity contribution in [1.29, 1.82) is 0 Å². The van der Waals surface area contributed by atoms with Gasteiger partial charge in [0, 0.05) is 5.56 Å². The van der Waals surface area contributed by atoms with Gasteiger partial charge >= 0.3 is 0 Å². The van der Waals surface area contributed by atoms with Crippen molar-refractivity contribution in [3.8, 4) is 5.75 Å². The van der Waals surface area contributed by atoms with Gasteiger partial charge < -0.3 is 10.1 Å². The van der Waals surface area contributed by atoms with Gasteiger partial charge in [0.2, 0.25) is 0 Å². The number of rotatable bonds is 3. The molecule has 0 saturated carbocycles. The van der Waals surface area contributed by atoms with E-state index in [1.807, 2.05) is 7.05 Å². The summed E-state index contributed by atoms with van der Waals surface area (Å²) in [6.45, 7) is 2.96. The number of nitrogens with one attached hydrogen (secondary N) is 1. The summed E-state index contributed by atoms with van der Waals surface area (Å²) in [4.78, 5) is 0. The zero-order valence-corrected chi connectivity index (χ0v) is 12.1. The fourth-order valence-corrected chi connectivity index (χ4v) is 2.99. The van der Waals surface area contributed by atoms with E-state index < -0.39 is 0 Å². The Labute approximate surface area is 120 Å². The highest BCUT2D eigenvalue weighted by Crippen LogP contribution is 2.35. The van der Waals surface area contributed by atoms with E-state index in [-0.39, 0.29) is 6.04 Å². The lowest BCUT2D eigenvalue weighted by Gasteiger charge is -2.25. The van der Waals surface area contributed by atoms with Crippen LogP contribution in [-0.2, 0) is 6.42 Å². The van der Waals surface area contributed by atoms with Crippen LogP contribution in [0.5, 0.6) is 5.75 Å². The predicted octanol–water partition coefficient (Wildman–Crippen LogP) is 3.63. The summed E-state index contributed by atoms with van der Waals surface area (Å²) in [5, 5.41) is 3.43. The first-order chi connectivity index (χ1) is 9.79. The standard InChI is InChI=1S/C18H21NO/c1-13-6-3-8-15(12-13)17(19-2)16-10-4-7-14-9-5-11-20-18(14)16/h3-4,6-8,10,12,17,19H,5,9,11H2,1-2H3. The second-order valence-electron chi connectivity index (χ2n) is 5.42. The van der Waals surface area contributed by atoms with E-state index in [2.05, 4.69) is 54.7 Å². The third kappa shape index (κ3) is 2.44. The molecule has 0 amide bonds. The summed E-state index contributed by atoms with van der Waals surface area (Å²) in [6, 6.07) is 15.3. The van der Waals surface area contributed by atoms with Crippen molar-refractivity contribution in [3.05, 3.63) is 64.7 Å². The quantitative estimate of drug-likeness (QED) is 0.917.